The zero-order valence-corrected chi connectivity index (χ0v) is 9.07. The van der Waals surface area contributed by atoms with Gasteiger partial charge in [0.1, 0.15) is 5.82 Å². The van der Waals surface area contributed by atoms with Gasteiger partial charge in [0.05, 0.1) is 17.3 Å². The lowest BCUT2D eigenvalue weighted by Crippen LogP contribution is -2.40. The van der Waals surface area contributed by atoms with E-state index in [-0.39, 0.29) is 11.6 Å². The first kappa shape index (κ1) is 10.4. The molecule has 2 aliphatic heterocycles. The molecule has 0 bridgehead atoms. The minimum Gasteiger partial charge on any atom is -0.315 e. The minimum atomic E-state index is -0.605. The summed E-state index contributed by atoms with van der Waals surface area (Å²) >= 11 is 0. The van der Waals surface area contributed by atoms with E-state index in [1.165, 1.54) is 17.0 Å². The maximum absolute atomic E-state index is 13.1. The van der Waals surface area contributed by atoms with Crippen molar-refractivity contribution in [2.45, 2.75) is 12.5 Å². The number of hydrogen-bond donors (Lipinski definition) is 1. The van der Waals surface area contributed by atoms with E-state index in [2.05, 4.69) is 5.32 Å². The summed E-state index contributed by atoms with van der Waals surface area (Å²) in [5.41, 5.74) is 0.719. The summed E-state index contributed by atoms with van der Waals surface area (Å²) in [5.74, 6) is -1.64. The number of nitrogens with one attached hydrogen (secondary N) is 1. The Morgan fingerprint density at radius 1 is 1.35 bits per heavy atom. The van der Waals surface area contributed by atoms with Crippen LogP contribution < -0.4 is 10.2 Å². The minimum absolute atomic E-state index is 0.00170. The average Bonchev–Trinajstić information content (AvgIpc) is 2.90. The summed E-state index contributed by atoms with van der Waals surface area (Å²) in [5, 5.41) is 3.15. The van der Waals surface area contributed by atoms with Crippen molar-refractivity contribution >= 4 is 17.4 Å². The standard InChI is InChI=1S/C12H11FN2O2/c13-7-1-2-10-9(5-7)11(16)12(17)15(10)8-3-4-14-6-8/h1-2,5,8,14H,3-4,6H2. The molecule has 1 N–H and O–H groups in total. The van der Waals surface area contributed by atoms with Gasteiger partial charge in [-0.3, -0.25) is 9.59 Å². The van der Waals surface area contributed by atoms with E-state index in [1.54, 1.807) is 0 Å². The average molecular weight is 234 g/mol. The number of anilines is 1. The zero-order chi connectivity index (χ0) is 12.0. The van der Waals surface area contributed by atoms with Crippen LogP contribution in [0.25, 0.3) is 0 Å². The summed E-state index contributed by atoms with van der Waals surface area (Å²) in [4.78, 5) is 25.1. The van der Waals surface area contributed by atoms with Crippen molar-refractivity contribution in [2.75, 3.05) is 18.0 Å². The fourth-order valence-electron chi connectivity index (χ4n) is 2.46. The SMILES string of the molecule is O=C1C(=O)N(C2CCNC2)c2ccc(F)cc21. The molecule has 0 spiro atoms. The number of halogens is 1. The van der Waals surface area contributed by atoms with Crippen molar-refractivity contribution in [1.29, 1.82) is 0 Å². The molecule has 1 unspecified atom stereocenters. The topological polar surface area (TPSA) is 49.4 Å². The van der Waals surface area contributed by atoms with Gasteiger partial charge >= 0.3 is 0 Å². The second kappa shape index (κ2) is 3.63. The Balaban J connectivity index is 2.07. The Morgan fingerprint density at radius 2 is 2.18 bits per heavy atom. The van der Waals surface area contributed by atoms with E-state index in [0.717, 1.165) is 19.0 Å². The van der Waals surface area contributed by atoms with Crippen molar-refractivity contribution in [2.24, 2.45) is 0 Å². The molecule has 2 aliphatic rings. The van der Waals surface area contributed by atoms with E-state index in [1.807, 2.05) is 0 Å². The van der Waals surface area contributed by atoms with Crippen molar-refractivity contribution < 1.29 is 14.0 Å². The number of fused-ring (bicyclic) bond motifs is 1. The van der Waals surface area contributed by atoms with Gasteiger partial charge in [0, 0.05) is 6.54 Å². The highest BCUT2D eigenvalue weighted by Crippen LogP contribution is 2.32. The Labute approximate surface area is 97.4 Å². The first-order valence-corrected chi connectivity index (χ1v) is 5.56. The maximum atomic E-state index is 13.1. The molecule has 3 rings (SSSR count). The first-order chi connectivity index (χ1) is 8.18. The highest BCUT2D eigenvalue weighted by molar-refractivity contribution is 6.52. The highest BCUT2D eigenvalue weighted by Gasteiger charge is 2.40. The Kier molecular flexibility index (Phi) is 2.22. The van der Waals surface area contributed by atoms with Crippen LogP contribution in [0, 0.1) is 5.82 Å². The van der Waals surface area contributed by atoms with Gasteiger partial charge in [-0.25, -0.2) is 4.39 Å². The third-order valence-corrected chi connectivity index (χ3v) is 3.28. The number of benzene rings is 1. The third kappa shape index (κ3) is 1.46. The number of rotatable bonds is 1. The molecule has 1 saturated heterocycles. The molecule has 17 heavy (non-hydrogen) atoms. The van der Waals surface area contributed by atoms with Crippen molar-refractivity contribution in [3.05, 3.63) is 29.6 Å². The van der Waals surface area contributed by atoms with E-state index < -0.39 is 17.5 Å². The van der Waals surface area contributed by atoms with Gasteiger partial charge in [-0.15, -0.1) is 0 Å². The second-order valence-electron chi connectivity index (χ2n) is 4.31. The molecule has 4 nitrogen and oxygen atoms in total. The van der Waals surface area contributed by atoms with Crippen LogP contribution in [-0.4, -0.2) is 30.8 Å². The van der Waals surface area contributed by atoms with Crippen LogP contribution in [0.1, 0.15) is 16.8 Å². The van der Waals surface area contributed by atoms with Gasteiger partial charge in [-0.2, -0.15) is 0 Å². The van der Waals surface area contributed by atoms with E-state index >= 15 is 0 Å². The maximum Gasteiger partial charge on any atom is 0.299 e. The number of nitrogens with zero attached hydrogens (tertiary/aromatic N) is 1. The van der Waals surface area contributed by atoms with Gasteiger partial charge in [0.15, 0.2) is 0 Å². The lowest BCUT2D eigenvalue weighted by atomic mass is 10.1. The lowest BCUT2D eigenvalue weighted by molar-refractivity contribution is -0.114. The summed E-state index contributed by atoms with van der Waals surface area (Å²) in [7, 11) is 0. The largest absolute Gasteiger partial charge is 0.315 e. The van der Waals surface area contributed by atoms with Gasteiger partial charge in [0.25, 0.3) is 11.7 Å². The number of carbonyl (C=O) groups is 2. The molecule has 0 aromatic heterocycles. The first-order valence-electron chi connectivity index (χ1n) is 5.56. The monoisotopic (exact) mass is 234 g/mol. The van der Waals surface area contributed by atoms with Crippen LogP contribution in [0.4, 0.5) is 10.1 Å². The normalized spacial score (nSPS) is 23.4. The van der Waals surface area contributed by atoms with E-state index in [9.17, 15) is 14.0 Å². The second-order valence-corrected chi connectivity index (χ2v) is 4.31. The molecule has 0 radical (unpaired) electrons. The van der Waals surface area contributed by atoms with Crippen LogP contribution in [0.3, 0.4) is 0 Å². The molecule has 1 amide bonds. The Hall–Kier alpha value is -1.75. The lowest BCUT2D eigenvalue weighted by Gasteiger charge is -2.23. The van der Waals surface area contributed by atoms with Gasteiger partial charge < -0.3 is 10.2 Å². The van der Waals surface area contributed by atoms with Gasteiger partial charge in [0.2, 0.25) is 0 Å². The summed E-state index contributed by atoms with van der Waals surface area (Å²) in [6, 6.07) is 3.92. The summed E-state index contributed by atoms with van der Waals surface area (Å²) in [6.45, 7) is 1.51. The molecular weight excluding hydrogens is 223 g/mol. The molecule has 1 aromatic carbocycles. The van der Waals surface area contributed by atoms with E-state index in [0.29, 0.717) is 12.2 Å². The number of hydrogen-bond acceptors (Lipinski definition) is 3. The molecular formula is C12H11FN2O2. The van der Waals surface area contributed by atoms with Crippen LogP contribution in [-0.2, 0) is 4.79 Å². The van der Waals surface area contributed by atoms with Crippen LogP contribution in [0.15, 0.2) is 18.2 Å². The van der Waals surface area contributed by atoms with Gasteiger partial charge in [-0.05, 0) is 31.2 Å². The van der Waals surface area contributed by atoms with Crippen LogP contribution in [0.5, 0.6) is 0 Å². The summed E-state index contributed by atoms with van der Waals surface area (Å²) in [6.07, 6.45) is 0.815. The molecule has 1 aromatic rings. The quantitative estimate of drug-likeness (QED) is 0.728. The fraction of sp³-hybridized carbons (Fsp3) is 0.333. The Bertz CT molecular complexity index is 509. The zero-order valence-electron chi connectivity index (χ0n) is 9.07. The van der Waals surface area contributed by atoms with Crippen LogP contribution in [0.2, 0.25) is 0 Å². The van der Waals surface area contributed by atoms with Crippen LogP contribution >= 0.6 is 0 Å². The van der Waals surface area contributed by atoms with Crippen molar-refractivity contribution in [3.8, 4) is 0 Å². The highest BCUT2D eigenvalue weighted by atomic mass is 19.1. The van der Waals surface area contributed by atoms with Gasteiger partial charge in [-0.1, -0.05) is 0 Å². The number of carbonyl (C=O) groups excluding carboxylic acids is 2. The third-order valence-electron chi connectivity index (χ3n) is 3.28. The number of ketones is 1. The van der Waals surface area contributed by atoms with Crippen molar-refractivity contribution in [3.63, 3.8) is 0 Å². The molecule has 1 atom stereocenters. The molecule has 2 heterocycles. The summed E-state index contributed by atoms with van der Waals surface area (Å²) < 4.78 is 13.1. The predicted molar refractivity (Wildman–Crippen MR) is 59.5 cm³/mol. The smallest absolute Gasteiger partial charge is 0.299 e. The predicted octanol–water partition coefficient (Wildman–Crippen LogP) is 0.717. The molecule has 0 saturated carbocycles. The number of amides is 1. The molecule has 0 aliphatic carbocycles. The molecule has 1 fully saturated rings. The molecule has 88 valence electrons. The number of Topliss-reactive ketones (excluding diaryl/α,β-unsaturated/α-hetero) is 1. The Morgan fingerprint density at radius 3 is 2.88 bits per heavy atom. The fourth-order valence-corrected chi connectivity index (χ4v) is 2.46. The van der Waals surface area contributed by atoms with Crippen molar-refractivity contribution in [1.82, 2.24) is 5.32 Å². The molecule has 5 heteroatoms. The van der Waals surface area contributed by atoms with E-state index in [4.69, 9.17) is 0 Å².